The molecule has 1 aromatic rings. The second-order valence-electron chi connectivity index (χ2n) is 6.44. The van der Waals surface area contributed by atoms with Gasteiger partial charge in [-0.05, 0) is 55.2 Å². The Morgan fingerprint density at radius 1 is 0.875 bits per heavy atom. The van der Waals surface area contributed by atoms with Crippen LogP contribution in [0.3, 0.4) is 0 Å². The van der Waals surface area contributed by atoms with Crippen molar-refractivity contribution in [2.45, 2.75) is 77.6 Å². The van der Waals surface area contributed by atoms with E-state index in [4.69, 9.17) is 17.0 Å². The molecule has 3 nitrogen and oxygen atoms in total. The Bertz CT molecular complexity index is 474. The highest BCUT2D eigenvalue weighted by Gasteiger charge is 2.02. The molecule has 0 heterocycles. The lowest BCUT2D eigenvalue weighted by Gasteiger charge is -2.06. The summed E-state index contributed by atoms with van der Waals surface area (Å²) >= 11 is 4.87. The normalized spacial score (nSPS) is 10.7. The molecule has 0 radical (unpaired) electrons. The SMILES string of the molecule is CC(=S)OCCCCCCCCCCCCc1cc(O)ccc1O. The van der Waals surface area contributed by atoms with Gasteiger partial charge in [0.1, 0.15) is 11.5 Å². The zero-order valence-corrected chi connectivity index (χ0v) is 15.7. The van der Waals surface area contributed by atoms with Gasteiger partial charge in [0.15, 0.2) is 5.05 Å². The lowest BCUT2D eigenvalue weighted by molar-refractivity contribution is 0.297. The van der Waals surface area contributed by atoms with E-state index >= 15 is 0 Å². The molecule has 0 saturated heterocycles. The molecule has 0 aliphatic heterocycles. The lowest BCUT2D eigenvalue weighted by atomic mass is 10.0. The second-order valence-corrected chi connectivity index (χ2v) is 7.01. The molecule has 1 aromatic carbocycles. The molecule has 0 unspecified atom stereocenters. The Kier molecular flexibility index (Phi) is 11.3. The Morgan fingerprint density at radius 2 is 1.42 bits per heavy atom. The third-order valence-electron chi connectivity index (χ3n) is 4.21. The standard InChI is InChI=1S/C20H32O3S/c1-17(24)23-15-11-9-7-5-3-2-4-6-8-10-12-18-16-19(21)13-14-20(18)22/h13-14,16,21-22H,2-12,15H2,1H3. The summed E-state index contributed by atoms with van der Waals surface area (Å²) in [6.07, 6.45) is 13.2. The van der Waals surface area contributed by atoms with Crippen LogP contribution in [0.2, 0.25) is 0 Å². The molecule has 1 rings (SSSR count). The zero-order chi connectivity index (χ0) is 17.6. The first-order chi connectivity index (χ1) is 11.6. The molecular weight excluding hydrogens is 320 g/mol. The lowest BCUT2D eigenvalue weighted by Crippen LogP contribution is -1.97. The first-order valence-corrected chi connectivity index (χ1v) is 9.64. The van der Waals surface area contributed by atoms with Crippen molar-refractivity contribution in [3.8, 4) is 11.5 Å². The third-order valence-corrected chi connectivity index (χ3v) is 4.33. The molecule has 2 N–H and O–H groups in total. The maximum atomic E-state index is 9.71. The van der Waals surface area contributed by atoms with Crippen LogP contribution in [0.15, 0.2) is 18.2 Å². The number of phenolic OH excluding ortho intramolecular Hbond substituents is 2. The molecule has 0 saturated carbocycles. The minimum atomic E-state index is 0.228. The van der Waals surface area contributed by atoms with Crippen LogP contribution < -0.4 is 0 Å². The summed E-state index contributed by atoms with van der Waals surface area (Å²) in [6, 6.07) is 4.74. The number of phenols is 2. The molecule has 0 atom stereocenters. The number of aromatic hydroxyl groups is 2. The Morgan fingerprint density at radius 3 is 2.00 bits per heavy atom. The minimum Gasteiger partial charge on any atom is -0.508 e. The number of aryl methyl sites for hydroxylation is 1. The fourth-order valence-electron chi connectivity index (χ4n) is 2.82. The average molecular weight is 353 g/mol. The number of hydrogen-bond donors (Lipinski definition) is 2. The van der Waals surface area contributed by atoms with Crippen molar-refractivity contribution >= 4 is 17.3 Å². The predicted octanol–water partition coefficient (Wildman–Crippen LogP) is 5.91. The van der Waals surface area contributed by atoms with Crippen molar-refractivity contribution < 1.29 is 14.9 Å². The number of unbranched alkanes of at least 4 members (excludes halogenated alkanes) is 9. The number of rotatable bonds is 13. The highest BCUT2D eigenvalue weighted by molar-refractivity contribution is 7.80. The van der Waals surface area contributed by atoms with Crippen molar-refractivity contribution in [2.75, 3.05) is 6.61 Å². The van der Waals surface area contributed by atoms with Crippen LogP contribution in [-0.2, 0) is 11.2 Å². The van der Waals surface area contributed by atoms with Crippen LogP contribution in [-0.4, -0.2) is 21.9 Å². The van der Waals surface area contributed by atoms with E-state index in [9.17, 15) is 10.2 Å². The minimum absolute atomic E-state index is 0.228. The van der Waals surface area contributed by atoms with Crippen molar-refractivity contribution in [1.29, 1.82) is 0 Å². The fourth-order valence-corrected chi connectivity index (χ4v) is 2.90. The summed E-state index contributed by atoms with van der Waals surface area (Å²) in [5.41, 5.74) is 0.850. The van der Waals surface area contributed by atoms with Crippen LogP contribution in [0.1, 0.15) is 76.7 Å². The largest absolute Gasteiger partial charge is 0.508 e. The quantitative estimate of drug-likeness (QED) is 0.263. The van der Waals surface area contributed by atoms with Crippen molar-refractivity contribution in [1.82, 2.24) is 0 Å². The van der Waals surface area contributed by atoms with Gasteiger partial charge < -0.3 is 14.9 Å². The molecule has 24 heavy (non-hydrogen) atoms. The molecule has 0 aliphatic rings. The van der Waals surface area contributed by atoms with Gasteiger partial charge in [0.2, 0.25) is 0 Å². The molecule has 0 aliphatic carbocycles. The number of ether oxygens (including phenoxy) is 1. The summed E-state index contributed by atoms with van der Waals surface area (Å²) in [5.74, 6) is 0.519. The predicted molar refractivity (Wildman–Crippen MR) is 104 cm³/mol. The van der Waals surface area contributed by atoms with E-state index < -0.39 is 0 Å². The first kappa shape index (κ1) is 20.8. The topological polar surface area (TPSA) is 49.7 Å². The van der Waals surface area contributed by atoms with Crippen LogP contribution in [0, 0.1) is 0 Å². The molecule has 4 heteroatoms. The van der Waals surface area contributed by atoms with Crippen molar-refractivity contribution in [2.24, 2.45) is 0 Å². The van der Waals surface area contributed by atoms with Gasteiger partial charge in [0.25, 0.3) is 0 Å². The first-order valence-electron chi connectivity index (χ1n) is 9.24. The molecular formula is C20H32O3S. The van der Waals surface area contributed by atoms with E-state index in [1.165, 1.54) is 57.4 Å². The van der Waals surface area contributed by atoms with Crippen LogP contribution in [0.25, 0.3) is 0 Å². The molecule has 0 amide bonds. The van der Waals surface area contributed by atoms with E-state index in [-0.39, 0.29) is 5.75 Å². The van der Waals surface area contributed by atoms with Crippen molar-refractivity contribution in [3.63, 3.8) is 0 Å². The van der Waals surface area contributed by atoms with E-state index in [1.54, 1.807) is 12.1 Å². The highest BCUT2D eigenvalue weighted by Crippen LogP contribution is 2.24. The van der Waals surface area contributed by atoms with Crippen LogP contribution in [0.4, 0.5) is 0 Å². The fraction of sp³-hybridized carbons (Fsp3) is 0.650. The molecule has 0 fully saturated rings. The van der Waals surface area contributed by atoms with E-state index in [1.807, 2.05) is 6.92 Å². The molecule has 0 bridgehead atoms. The van der Waals surface area contributed by atoms with E-state index in [0.29, 0.717) is 10.8 Å². The summed E-state index contributed by atoms with van der Waals surface area (Å²) in [5, 5.41) is 19.8. The van der Waals surface area contributed by atoms with E-state index in [0.717, 1.165) is 31.4 Å². The maximum absolute atomic E-state index is 9.71. The van der Waals surface area contributed by atoms with Crippen LogP contribution in [0.5, 0.6) is 11.5 Å². The summed E-state index contributed by atoms with van der Waals surface area (Å²) in [6.45, 7) is 2.59. The van der Waals surface area contributed by atoms with Gasteiger partial charge in [-0.3, -0.25) is 0 Å². The zero-order valence-electron chi connectivity index (χ0n) is 14.9. The second kappa shape index (κ2) is 13.1. The van der Waals surface area contributed by atoms with Gasteiger partial charge in [-0.15, -0.1) is 0 Å². The monoisotopic (exact) mass is 352 g/mol. The number of benzene rings is 1. The van der Waals surface area contributed by atoms with Gasteiger partial charge in [0.05, 0.1) is 6.61 Å². The molecule has 136 valence electrons. The van der Waals surface area contributed by atoms with Gasteiger partial charge in [-0.25, -0.2) is 0 Å². The smallest absolute Gasteiger partial charge is 0.156 e. The van der Waals surface area contributed by atoms with E-state index in [2.05, 4.69) is 0 Å². The Hall–Kier alpha value is -1.29. The summed E-state index contributed by atoms with van der Waals surface area (Å²) < 4.78 is 5.27. The van der Waals surface area contributed by atoms with Gasteiger partial charge >= 0.3 is 0 Å². The summed E-state index contributed by atoms with van der Waals surface area (Å²) in [7, 11) is 0. The average Bonchev–Trinajstić information content (AvgIpc) is 2.54. The molecule has 0 spiro atoms. The van der Waals surface area contributed by atoms with Gasteiger partial charge in [0, 0.05) is 6.92 Å². The van der Waals surface area contributed by atoms with Gasteiger partial charge in [-0.1, -0.05) is 51.4 Å². The Balaban J connectivity index is 1.87. The Labute approximate surface area is 152 Å². The van der Waals surface area contributed by atoms with Gasteiger partial charge in [-0.2, -0.15) is 0 Å². The number of hydrogen-bond acceptors (Lipinski definition) is 4. The van der Waals surface area contributed by atoms with Crippen molar-refractivity contribution in [3.05, 3.63) is 23.8 Å². The maximum Gasteiger partial charge on any atom is 0.156 e. The molecule has 0 aromatic heterocycles. The summed E-state index contributed by atoms with van der Waals surface area (Å²) in [4.78, 5) is 0. The highest BCUT2D eigenvalue weighted by atomic mass is 32.1. The number of thiocarbonyl (C=S) groups is 1. The third kappa shape index (κ3) is 10.5. The van der Waals surface area contributed by atoms with Crippen LogP contribution >= 0.6 is 12.2 Å².